The maximum absolute atomic E-state index is 12.8. The van der Waals surface area contributed by atoms with Crippen molar-refractivity contribution >= 4 is 33.7 Å². The average Bonchev–Trinajstić information content (AvgIpc) is 2.66. The average molecular weight is 416 g/mol. The van der Waals surface area contributed by atoms with E-state index in [1.165, 1.54) is 0 Å². The predicted molar refractivity (Wildman–Crippen MR) is 109 cm³/mol. The van der Waals surface area contributed by atoms with Gasteiger partial charge in [0.25, 0.3) is 5.82 Å². The number of Topliss-reactive ketones (excluding diaryl/α,β-unsaturated/α-hetero) is 1. The largest absolute Gasteiger partial charge is 0.345 e. The normalized spacial score (nSPS) is 10.5. The molecular weight excluding hydrogens is 392 g/mol. The van der Waals surface area contributed by atoms with Gasteiger partial charge >= 0.3 is 5.56 Å². The molecule has 2 aromatic carbocycles. The molecule has 0 saturated heterocycles. The Hall–Kier alpha value is -2.27. The zero-order valence-electron chi connectivity index (χ0n) is 15.1. The van der Waals surface area contributed by atoms with Crippen molar-refractivity contribution in [2.75, 3.05) is 0 Å². The Morgan fingerprint density at radius 2 is 1.69 bits per heavy atom. The highest BCUT2D eigenvalue weighted by molar-refractivity contribution is 8.93. The molecule has 3 aromatic rings. The van der Waals surface area contributed by atoms with Crippen molar-refractivity contribution in [3.8, 4) is 0 Å². The van der Waals surface area contributed by atoms with E-state index in [0.29, 0.717) is 10.9 Å². The number of para-hydroxylation sites is 1. The molecule has 4 nitrogen and oxygen atoms in total. The van der Waals surface area contributed by atoms with Crippen molar-refractivity contribution in [3.63, 3.8) is 0 Å². The van der Waals surface area contributed by atoms with Crippen LogP contribution in [0.2, 0.25) is 0 Å². The minimum atomic E-state index is -0.00915. The van der Waals surface area contributed by atoms with Crippen molar-refractivity contribution in [1.82, 2.24) is 4.57 Å². The number of ketones is 1. The number of nitrogens with zero attached hydrogens (tertiary/aromatic N) is 2. The number of rotatable bonds is 6. The van der Waals surface area contributed by atoms with Gasteiger partial charge in [0.15, 0.2) is 6.54 Å². The third-order valence-electron chi connectivity index (χ3n) is 4.58. The van der Waals surface area contributed by atoms with Gasteiger partial charge in [-0.3, -0.25) is 4.79 Å². The van der Waals surface area contributed by atoms with Gasteiger partial charge in [-0.15, -0.1) is 17.0 Å². The quantitative estimate of drug-likeness (QED) is 0.455. The van der Waals surface area contributed by atoms with Crippen molar-refractivity contribution < 1.29 is 9.36 Å². The first-order valence-electron chi connectivity index (χ1n) is 8.72. The first-order chi connectivity index (χ1) is 12.1. The summed E-state index contributed by atoms with van der Waals surface area (Å²) in [5.41, 5.74) is 1.50. The smallest absolute Gasteiger partial charge is 0.290 e. The second kappa shape index (κ2) is 8.90. The first kappa shape index (κ1) is 20.0. The zero-order chi connectivity index (χ0) is 17.8. The van der Waals surface area contributed by atoms with Gasteiger partial charge in [0.2, 0.25) is 5.78 Å². The van der Waals surface area contributed by atoms with Gasteiger partial charge in [0.05, 0.1) is 7.05 Å². The number of halogens is 1. The van der Waals surface area contributed by atoms with E-state index in [4.69, 9.17) is 0 Å². The SMILES string of the molecule is Br.CCCCc1n(C)c(=O)c2ccccc2[n+]1CC(=O)c1ccccc1. The van der Waals surface area contributed by atoms with Crippen LogP contribution in [0.15, 0.2) is 59.4 Å². The molecule has 5 heteroatoms. The number of benzene rings is 2. The van der Waals surface area contributed by atoms with Crippen LogP contribution in [0.1, 0.15) is 35.9 Å². The number of fused-ring (bicyclic) bond motifs is 1. The summed E-state index contributed by atoms with van der Waals surface area (Å²) in [4.78, 5) is 25.5. The Kier molecular flexibility index (Phi) is 6.86. The van der Waals surface area contributed by atoms with E-state index in [9.17, 15) is 9.59 Å². The number of hydrogen-bond donors (Lipinski definition) is 0. The number of unbranched alkanes of at least 4 members (excludes halogenated alkanes) is 1. The third kappa shape index (κ3) is 3.93. The van der Waals surface area contributed by atoms with E-state index < -0.39 is 0 Å². The Balaban J connectivity index is 0.00000243. The molecule has 3 rings (SSSR count). The van der Waals surface area contributed by atoms with E-state index in [1.54, 1.807) is 11.6 Å². The lowest BCUT2D eigenvalue weighted by atomic mass is 10.1. The topological polar surface area (TPSA) is 43.0 Å². The molecule has 0 saturated carbocycles. The molecule has 136 valence electrons. The van der Waals surface area contributed by atoms with Crippen LogP contribution < -0.4 is 10.1 Å². The fraction of sp³-hybridized carbons (Fsp3) is 0.286. The number of hydrogen-bond acceptors (Lipinski definition) is 2. The predicted octanol–water partition coefficient (Wildman–Crippen LogP) is 3.63. The Morgan fingerprint density at radius 1 is 1.04 bits per heavy atom. The molecule has 0 amide bonds. The van der Waals surface area contributed by atoms with Gasteiger partial charge in [-0.1, -0.05) is 55.8 Å². The van der Waals surface area contributed by atoms with Crippen LogP contribution in [0.4, 0.5) is 0 Å². The van der Waals surface area contributed by atoms with Gasteiger partial charge in [0, 0.05) is 12.0 Å². The summed E-state index contributed by atoms with van der Waals surface area (Å²) in [5.74, 6) is 0.946. The molecule has 0 bridgehead atoms. The van der Waals surface area contributed by atoms with Crippen LogP contribution in [0, 0.1) is 0 Å². The maximum atomic E-state index is 12.8. The monoisotopic (exact) mass is 415 g/mol. The lowest BCUT2D eigenvalue weighted by Gasteiger charge is -2.12. The second-order valence-electron chi connectivity index (χ2n) is 6.28. The fourth-order valence-electron chi connectivity index (χ4n) is 3.18. The standard InChI is InChI=1S/C21H23N2O2.BrH/c1-3-4-14-20-22(2)21(25)17-12-8-9-13-18(17)23(20)15-19(24)16-10-6-5-7-11-16;/h5-13H,3-4,14-15H2,1-2H3;1H/q+1;. The third-order valence-corrected chi connectivity index (χ3v) is 4.58. The molecule has 1 heterocycles. The lowest BCUT2D eigenvalue weighted by molar-refractivity contribution is -0.669. The van der Waals surface area contributed by atoms with Crippen molar-refractivity contribution in [2.24, 2.45) is 7.05 Å². The maximum Gasteiger partial charge on any atom is 0.345 e. The molecular formula is C21H24BrN2O2+. The molecule has 0 aliphatic rings. The number of carbonyl (C=O) groups is 1. The summed E-state index contributed by atoms with van der Waals surface area (Å²) in [6.45, 7) is 2.36. The van der Waals surface area contributed by atoms with Crippen molar-refractivity contribution in [1.29, 1.82) is 0 Å². The molecule has 0 aliphatic carbocycles. The molecule has 0 unspecified atom stereocenters. The summed E-state index contributed by atoms with van der Waals surface area (Å²) in [7, 11) is 1.79. The highest BCUT2D eigenvalue weighted by atomic mass is 79.9. The van der Waals surface area contributed by atoms with Crippen LogP contribution in [0.25, 0.3) is 10.9 Å². The van der Waals surface area contributed by atoms with Gasteiger partial charge < -0.3 is 0 Å². The molecule has 0 radical (unpaired) electrons. The highest BCUT2D eigenvalue weighted by Crippen LogP contribution is 2.09. The van der Waals surface area contributed by atoms with Gasteiger partial charge in [-0.05, 0) is 18.6 Å². The highest BCUT2D eigenvalue weighted by Gasteiger charge is 2.23. The van der Waals surface area contributed by atoms with Crippen molar-refractivity contribution in [2.45, 2.75) is 32.7 Å². The van der Waals surface area contributed by atoms with Gasteiger partial charge in [-0.25, -0.2) is 9.36 Å². The molecule has 1 aromatic heterocycles. The summed E-state index contributed by atoms with van der Waals surface area (Å²) < 4.78 is 3.69. The van der Waals surface area contributed by atoms with Gasteiger partial charge in [0.1, 0.15) is 10.9 Å². The van der Waals surface area contributed by atoms with Crippen molar-refractivity contribution in [3.05, 3.63) is 76.3 Å². The Labute approximate surface area is 163 Å². The van der Waals surface area contributed by atoms with Crippen LogP contribution in [0.5, 0.6) is 0 Å². The van der Waals surface area contributed by atoms with Crippen LogP contribution in [-0.2, 0) is 20.0 Å². The second-order valence-corrected chi connectivity index (χ2v) is 6.28. The summed E-state index contributed by atoms with van der Waals surface area (Å²) in [5, 5.41) is 0.645. The lowest BCUT2D eigenvalue weighted by Crippen LogP contribution is -2.48. The summed E-state index contributed by atoms with van der Waals surface area (Å²) in [6.07, 6.45) is 2.79. The minimum absolute atomic E-state index is 0. The molecule has 0 N–H and O–H groups in total. The zero-order valence-corrected chi connectivity index (χ0v) is 16.9. The molecule has 26 heavy (non-hydrogen) atoms. The van der Waals surface area contributed by atoms with E-state index in [0.717, 1.165) is 30.6 Å². The summed E-state index contributed by atoms with van der Waals surface area (Å²) >= 11 is 0. The molecule has 0 atom stereocenters. The van der Waals surface area contributed by atoms with Crippen LogP contribution in [0.3, 0.4) is 0 Å². The molecule has 0 fully saturated rings. The first-order valence-corrected chi connectivity index (χ1v) is 8.72. The Morgan fingerprint density at radius 3 is 2.38 bits per heavy atom. The fourth-order valence-corrected chi connectivity index (χ4v) is 3.18. The molecule has 0 spiro atoms. The van der Waals surface area contributed by atoms with Crippen LogP contribution >= 0.6 is 17.0 Å². The van der Waals surface area contributed by atoms with E-state index >= 15 is 0 Å². The van der Waals surface area contributed by atoms with Crippen LogP contribution in [-0.4, -0.2) is 10.4 Å². The Bertz CT molecular complexity index is 965. The number of aromatic nitrogens is 2. The molecule has 0 aliphatic heterocycles. The van der Waals surface area contributed by atoms with E-state index in [-0.39, 0.29) is 34.9 Å². The van der Waals surface area contributed by atoms with E-state index in [1.807, 2.05) is 59.2 Å². The van der Waals surface area contributed by atoms with E-state index in [2.05, 4.69) is 6.92 Å². The number of carbonyl (C=O) groups excluding carboxylic acids is 1. The minimum Gasteiger partial charge on any atom is -0.290 e. The summed E-state index contributed by atoms with van der Waals surface area (Å²) in [6, 6.07) is 16.8. The van der Waals surface area contributed by atoms with Gasteiger partial charge in [-0.2, -0.15) is 4.57 Å².